The molecule has 0 atom stereocenters. The molecule has 8 nitrogen and oxygen atoms in total. The van der Waals surface area contributed by atoms with E-state index in [0.29, 0.717) is 13.0 Å². The fourth-order valence-electron chi connectivity index (χ4n) is 2.94. The van der Waals surface area contributed by atoms with Gasteiger partial charge in [-0.2, -0.15) is 5.10 Å². The summed E-state index contributed by atoms with van der Waals surface area (Å²) >= 11 is 0. The van der Waals surface area contributed by atoms with E-state index in [9.17, 15) is 4.79 Å². The summed E-state index contributed by atoms with van der Waals surface area (Å²) in [6, 6.07) is 9.82. The van der Waals surface area contributed by atoms with Crippen LogP contribution in [-0.2, 0) is 4.79 Å². The second-order valence-electron chi connectivity index (χ2n) is 6.04. The summed E-state index contributed by atoms with van der Waals surface area (Å²) in [6.07, 6.45) is 9.50. The van der Waals surface area contributed by atoms with Crippen LogP contribution in [0.5, 0.6) is 0 Å². The van der Waals surface area contributed by atoms with Crippen LogP contribution in [-0.4, -0.2) is 41.8 Å². The zero-order valence-corrected chi connectivity index (χ0v) is 14.5. The number of rotatable bonds is 7. The number of hydrogen-bond acceptors (Lipinski definition) is 5. The lowest BCUT2D eigenvalue weighted by Crippen LogP contribution is -2.07. The summed E-state index contributed by atoms with van der Waals surface area (Å²) in [6.45, 7) is 0.536. The van der Waals surface area contributed by atoms with Gasteiger partial charge in [0.2, 0.25) is 0 Å². The maximum atomic E-state index is 10.7. The van der Waals surface area contributed by atoms with Crippen molar-refractivity contribution >= 4 is 17.4 Å². The number of carboxylic acids is 1. The SMILES string of the molecule is O=C(O)CCCNc1c(-c2cccc(-n3cccn3)c2)nc2cnccn12. The molecule has 2 N–H and O–H groups in total. The van der Waals surface area contributed by atoms with Crippen LogP contribution in [0.3, 0.4) is 0 Å². The van der Waals surface area contributed by atoms with Crippen LogP contribution in [0.15, 0.2) is 61.3 Å². The van der Waals surface area contributed by atoms with Gasteiger partial charge in [-0.05, 0) is 24.6 Å². The van der Waals surface area contributed by atoms with Crippen molar-refractivity contribution in [3.63, 3.8) is 0 Å². The van der Waals surface area contributed by atoms with Crippen LogP contribution >= 0.6 is 0 Å². The van der Waals surface area contributed by atoms with E-state index in [2.05, 4.69) is 15.4 Å². The molecule has 0 saturated carbocycles. The lowest BCUT2D eigenvalue weighted by atomic mass is 10.1. The Morgan fingerprint density at radius 1 is 1.19 bits per heavy atom. The molecule has 0 aliphatic heterocycles. The summed E-state index contributed by atoms with van der Waals surface area (Å²) in [4.78, 5) is 19.6. The fraction of sp³-hybridized carbons (Fsp3) is 0.158. The topological polar surface area (TPSA) is 97.3 Å². The Kier molecular flexibility index (Phi) is 4.52. The number of carbonyl (C=O) groups is 1. The van der Waals surface area contributed by atoms with Crippen molar-refractivity contribution in [1.29, 1.82) is 0 Å². The molecule has 0 aliphatic carbocycles. The molecule has 3 heterocycles. The van der Waals surface area contributed by atoms with Gasteiger partial charge in [-0.15, -0.1) is 0 Å². The molecule has 0 fully saturated rings. The first-order chi connectivity index (χ1) is 13.2. The van der Waals surface area contributed by atoms with Crippen LogP contribution < -0.4 is 5.32 Å². The van der Waals surface area contributed by atoms with E-state index in [4.69, 9.17) is 10.1 Å². The molecule has 1 aromatic carbocycles. The van der Waals surface area contributed by atoms with Gasteiger partial charge in [-0.1, -0.05) is 12.1 Å². The molecule has 27 heavy (non-hydrogen) atoms. The summed E-state index contributed by atoms with van der Waals surface area (Å²) in [5.74, 6) is 0.0155. The minimum absolute atomic E-state index is 0.120. The number of nitrogens with zero attached hydrogens (tertiary/aromatic N) is 5. The first kappa shape index (κ1) is 16.8. The predicted molar refractivity (Wildman–Crippen MR) is 101 cm³/mol. The first-order valence-corrected chi connectivity index (χ1v) is 8.60. The second-order valence-corrected chi connectivity index (χ2v) is 6.04. The lowest BCUT2D eigenvalue weighted by Gasteiger charge is -2.09. The molecule has 0 bridgehead atoms. The van der Waals surface area contributed by atoms with Crippen molar-refractivity contribution in [3.8, 4) is 16.9 Å². The van der Waals surface area contributed by atoms with Crippen molar-refractivity contribution in [2.75, 3.05) is 11.9 Å². The second kappa shape index (κ2) is 7.28. The Morgan fingerprint density at radius 2 is 2.11 bits per heavy atom. The van der Waals surface area contributed by atoms with Gasteiger partial charge >= 0.3 is 5.97 Å². The van der Waals surface area contributed by atoms with Crippen LogP contribution in [0.4, 0.5) is 5.82 Å². The summed E-state index contributed by atoms with van der Waals surface area (Å²) < 4.78 is 3.71. The van der Waals surface area contributed by atoms with Crippen LogP contribution in [0.2, 0.25) is 0 Å². The average molecular weight is 362 g/mol. The van der Waals surface area contributed by atoms with Crippen molar-refractivity contribution in [2.45, 2.75) is 12.8 Å². The molecule has 3 aromatic heterocycles. The summed E-state index contributed by atoms with van der Waals surface area (Å²) in [7, 11) is 0. The van der Waals surface area contributed by atoms with E-state index in [1.807, 2.05) is 47.1 Å². The smallest absolute Gasteiger partial charge is 0.303 e. The summed E-state index contributed by atoms with van der Waals surface area (Å²) in [5, 5.41) is 16.4. The number of benzene rings is 1. The number of anilines is 1. The van der Waals surface area contributed by atoms with E-state index in [1.165, 1.54) is 0 Å². The molecule has 136 valence electrons. The van der Waals surface area contributed by atoms with Gasteiger partial charge in [0.15, 0.2) is 5.65 Å². The first-order valence-electron chi connectivity index (χ1n) is 8.60. The Bertz CT molecular complexity index is 1070. The van der Waals surface area contributed by atoms with Gasteiger partial charge in [-0.3, -0.25) is 14.2 Å². The van der Waals surface area contributed by atoms with E-state index in [0.717, 1.165) is 28.4 Å². The largest absolute Gasteiger partial charge is 0.481 e. The molecule has 4 rings (SSSR count). The van der Waals surface area contributed by atoms with Gasteiger partial charge in [-0.25, -0.2) is 9.67 Å². The normalized spacial score (nSPS) is 11.0. The number of carboxylic acid groups (broad SMARTS) is 1. The Morgan fingerprint density at radius 3 is 2.93 bits per heavy atom. The Labute approximate surface area is 155 Å². The van der Waals surface area contributed by atoms with Crippen LogP contribution in [0, 0.1) is 0 Å². The molecule has 0 aliphatic rings. The number of hydrogen-bond donors (Lipinski definition) is 2. The molecule has 0 amide bonds. The zero-order chi connectivity index (χ0) is 18.6. The minimum Gasteiger partial charge on any atom is -0.481 e. The number of imidazole rings is 1. The third-order valence-corrected chi connectivity index (χ3v) is 4.18. The van der Waals surface area contributed by atoms with Crippen molar-refractivity contribution in [1.82, 2.24) is 24.1 Å². The van der Waals surface area contributed by atoms with Crippen molar-refractivity contribution in [2.24, 2.45) is 0 Å². The van der Waals surface area contributed by atoms with Gasteiger partial charge in [0.1, 0.15) is 11.5 Å². The highest BCUT2D eigenvalue weighted by Gasteiger charge is 2.14. The number of nitrogens with one attached hydrogen (secondary N) is 1. The molecule has 0 saturated heterocycles. The molecule has 4 aromatic rings. The van der Waals surface area contributed by atoms with E-state index < -0.39 is 5.97 Å². The number of aliphatic carboxylic acids is 1. The average Bonchev–Trinajstić information content (AvgIpc) is 3.33. The van der Waals surface area contributed by atoms with Gasteiger partial charge in [0, 0.05) is 43.3 Å². The van der Waals surface area contributed by atoms with Crippen molar-refractivity contribution < 1.29 is 9.90 Å². The van der Waals surface area contributed by atoms with Gasteiger partial charge < -0.3 is 10.4 Å². The molecule has 0 unspecified atom stereocenters. The number of fused-ring (bicyclic) bond motifs is 1. The highest BCUT2D eigenvalue weighted by molar-refractivity contribution is 5.77. The van der Waals surface area contributed by atoms with Crippen LogP contribution in [0.1, 0.15) is 12.8 Å². The van der Waals surface area contributed by atoms with Gasteiger partial charge in [0.25, 0.3) is 0 Å². The van der Waals surface area contributed by atoms with E-state index in [-0.39, 0.29) is 6.42 Å². The predicted octanol–water partition coefficient (Wildman–Crippen LogP) is 2.86. The lowest BCUT2D eigenvalue weighted by molar-refractivity contribution is -0.137. The number of aromatic nitrogens is 5. The fourth-order valence-corrected chi connectivity index (χ4v) is 2.94. The van der Waals surface area contributed by atoms with E-state index >= 15 is 0 Å². The minimum atomic E-state index is -0.800. The maximum absolute atomic E-state index is 10.7. The third kappa shape index (κ3) is 3.50. The Hall–Kier alpha value is -3.68. The Balaban J connectivity index is 1.71. The standard InChI is InChI=1S/C19H18N6O2/c26-17(27)6-2-7-21-19-18(23-16-13-20-9-11-24(16)19)14-4-1-5-15(12-14)25-10-3-8-22-25/h1,3-5,8-13,21H,2,6-7H2,(H,26,27). The third-order valence-electron chi connectivity index (χ3n) is 4.18. The molecule has 0 spiro atoms. The molecule has 0 radical (unpaired) electrons. The maximum Gasteiger partial charge on any atom is 0.303 e. The van der Waals surface area contributed by atoms with Gasteiger partial charge in [0.05, 0.1) is 11.9 Å². The quantitative estimate of drug-likeness (QED) is 0.491. The highest BCUT2D eigenvalue weighted by Crippen LogP contribution is 2.29. The molecular weight excluding hydrogens is 344 g/mol. The molecular formula is C19H18N6O2. The monoisotopic (exact) mass is 362 g/mol. The zero-order valence-electron chi connectivity index (χ0n) is 14.5. The molecule has 8 heteroatoms. The van der Waals surface area contributed by atoms with Crippen molar-refractivity contribution in [3.05, 3.63) is 61.3 Å². The summed E-state index contributed by atoms with van der Waals surface area (Å²) in [5.41, 5.74) is 3.38. The highest BCUT2D eigenvalue weighted by atomic mass is 16.4. The van der Waals surface area contributed by atoms with Crippen LogP contribution in [0.25, 0.3) is 22.6 Å². The van der Waals surface area contributed by atoms with E-state index in [1.54, 1.807) is 23.3 Å².